The molecule has 1 fully saturated rings. The molecule has 2 rings (SSSR count). The van der Waals surface area contributed by atoms with E-state index >= 15 is 0 Å². The number of nitrogens with zero attached hydrogens (tertiary/aromatic N) is 4. The lowest BCUT2D eigenvalue weighted by Crippen LogP contribution is -2.42. The van der Waals surface area contributed by atoms with Gasteiger partial charge in [-0.2, -0.15) is 5.06 Å². The zero-order valence-electron chi connectivity index (χ0n) is 44.2. The highest BCUT2D eigenvalue weighted by Crippen LogP contribution is 2.50. The predicted octanol–water partition coefficient (Wildman–Crippen LogP) is 12.4. The van der Waals surface area contributed by atoms with Gasteiger partial charge in [0.15, 0.2) is 6.23 Å². The highest BCUT2D eigenvalue weighted by atomic mass is 31.2. The van der Waals surface area contributed by atoms with Crippen molar-refractivity contribution in [1.82, 2.24) is 24.6 Å². The number of hydroxylamine groups is 2. The van der Waals surface area contributed by atoms with Crippen molar-refractivity contribution in [3.63, 3.8) is 0 Å². The first kappa shape index (κ1) is 61.9. The molecular weight excluding hydrogens is 880 g/mol. The summed E-state index contributed by atoms with van der Waals surface area (Å²) < 4.78 is 29.4. The minimum atomic E-state index is -1.68. The molecule has 2 heterocycles. The molecule has 1 aliphatic heterocycles. The number of rotatable bonds is 45. The second-order valence-corrected chi connectivity index (χ2v) is 20.9. The fraction of sp³-hybridized carbons (Fsp3) is 0.887. The Hall–Kier alpha value is -2.21. The average Bonchev–Trinajstić information content (AvgIpc) is 3.65. The van der Waals surface area contributed by atoms with Gasteiger partial charge in [0.25, 0.3) is 14.1 Å². The van der Waals surface area contributed by atoms with Crippen LogP contribution in [0.2, 0.25) is 0 Å². The molecule has 1 saturated heterocycles. The van der Waals surface area contributed by atoms with Crippen LogP contribution in [0.15, 0.2) is 21.9 Å². The predicted molar refractivity (Wildman–Crippen MR) is 279 cm³/mol. The van der Waals surface area contributed by atoms with Gasteiger partial charge in [0.1, 0.15) is 24.9 Å². The molecule has 2 unspecified atom stereocenters. The van der Waals surface area contributed by atoms with Gasteiger partial charge < -0.3 is 28.7 Å². The number of H-pyrrole nitrogens is 1. The molecule has 1 aliphatic rings. The monoisotopic (exact) mass is 979 g/mol. The van der Waals surface area contributed by atoms with Gasteiger partial charge in [0.2, 0.25) is 12.5 Å². The summed E-state index contributed by atoms with van der Waals surface area (Å²) >= 11 is 0. The molecule has 5 atom stereocenters. The number of hydrogen-bond acceptors (Lipinski definition) is 10. The average molecular weight is 979 g/mol. The number of aromatic nitrogens is 2. The van der Waals surface area contributed by atoms with Crippen LogP contribution in [-0.2, 0) is 28.2 Å². The number of ether oxygens (including phenoxy) is 2. The highest BCUT2D eigenvalue weighted by Gasteiger charge is 2.50. The number of methoxy groups -OCH3 is 1. The van der Waals surface area contributed by atoms with Crippen LogP contribution in [-0.4, -0.2) is 102 Å². The fourth-order valence-corrected chi connectivity index (χ4v) is 10.8. The zero-order chi connectivity index (χ0) is 49.6. The number of unbranched alkanes of at least 4 members (excludes halogenated alkanes) is 24. The Morgan fingerprint density at radius 2 is 1.26 bits per heavy atom. The molecule has 0 radical (unpaired) electrons. The largest absolute Gasteiger partial charge is 0.374 e. The number of carbonyl (C=O) groups excluding carboxylic acids is 1. The Morgan fingerprint density at radius 3 is 1.75 bits per heavy atom. The lowest BCUT2D eigenvalue weighted by molar-refractivity contribution is -0.193. The van der Waals surface area contributed by atoms with Gasteiger partial charge in [-0.25, -0.2) is 16.0 Å². The van der Waals surface area contributed by atoms with Crippen LogP contribution < -0.4 is 16.6 Å². The van der Waals surface area contributed by atoms with Crippen molar-refractivity contribution in [2.45, 2.75) is 258 Å². The van der Waals surface area contributed by atoms with Crippen molar-refractivity contribution < 1.29 is 28.2 Å². The van der Waals surface area contributed by atoms with E-state index in [1.807, 2.05) is 0 Å². The van der Waals surface area contributed by atoms with Crippen LogP contribution in [0.4, 0.5) is 0 Å². The summed E-state index contributed by atoms with van der Waals surface area (Å²) in [6.45, 7) is 23.0. The van der Waals surface area contributed by atoms with Gasteiger partial charge in [-0.3, -0.25) is 24.0 Å². The smallest absolute Gasteiger partial charge is 0.330 e. The molecule has 15 heteroatoms. The minimum absolute atomic E-state index is 0.0751. The molecule has 68 heavy (non-hydrogen) atoms. The normalized spacial score (nSPS) is 17.8. The molecule has 2 N–H and O–H groups in total. The maximum Gasteiger partial charge on any atom is 0.330 e. The van der Waals surface area contributed by atoms with Crippen molar-refractivity contribution in [2.24, 2.45) is 0 Å². The van der Waals surface area contributed by atoms with Crippen molar-refractivity contribution in [3.8, 4) is 0 Å². The van der Waals surface area contributed by atoms with Gasteiger partial charge in [0.05, 0.1) is 6.61 Å². The lowest BCUT2D eigenvalue weighted by atomic mass is 10.0. The quantitative estimate of drug-likeness (QED) is 0.0281. The molecule has 0 bridgehead atoms. The van der Waals surface area contributed by atoms with Crippen molar-refractivity contribution in [2.75, 3.05) is 46.5 Å². The molecule has 1 amide bonds. The van der Waals surface area contributed by atoms with E-state index in [1.54, 1.807) is 7.11 Å². The van der Waals surface area contributed by atoms with Crippen LogP contribution in [0.3, 0.4) is 0 Å². The Kier molecular flexibility index (Phi) is 36.8. The van der Waals surface area contributed by atoms with Crippen molar-refractivity contribution >= 4 is 14.4 Å². The van der Waals surface area contributed by atoms with E-state index in [-0.39, 0.29) is 37.7 Å². The topological polar surface area (TPSA) is 141 Å². The summed E-state index contributed by atoms with van der Waals surface area (Å²) in [6.07, 6.45) is 32.4. The third-order valence-electron chi connectivity index (χ3n) is 12.9. The summed E-state index contributed by atoms with van der Waals surface area (Å²) in [5.74, 6) is 0.170. The van der Waals surface area contributed by atoms with Gasteiger partial charge in [0, 0.05) is 57.5 Å². The van der Waals surface area contributed by atoms with E-state index in [0.29, 0.717) is 13.0 Å². The van der Waals surface area contributed by atoms with Gasteiger partial charge >= 0.3 is 5.69 Å². The molecule has 1 aromatic heterocycles. The van der Waals surface area contributed by atoms with Crippen molar-refractivity contribution in [1.29, 1.82) is 0 Å². The van der Waals surface area contributed by atoms with E-state index in [9.17, 15) is 14.4 Å². The molecule has 0 aliphatic carbocycles. The number of amides is 1. The van der Waals surface area contributed by atoms with Crippen molar-refractivity contribution in [3.05, 3.63) is 44.5 Å². The second-order valence-electron chi connectivity index (χ2n) is 19.5. The van der Waals surface area contributed by atoms with E-state index in [2.05, 4.69) is 66.4 Å². The number of aromatic amines is 1. The molecule has 0 aromatic carbocycles. The minimum Gasteiger partial charge on any atom is -0.374 e. The maximum absolute atomic E-state index is 13.1. The van der Waals surface area contributed by atoms with E-state index < -0.39 is 44.3 Å². The van der Waals surface area contributed by atoms with Crippen LogP contribution >= 0.6 is 8.53 Å². The van der Waals surface area contributed by atoms with Crippen LogP contribution in [0.5, 0.6) is 0 Å². The number of nitrogens with one attached hydrogen (secondary N) is 2. The third-order valence-corrected chi connectivity index (χ3v) is 15.0. The molecule has 1 aromatic rings. The zero-order valence-corrected chi connectivity index (χ0v) is 45.1. The maximum atomic E-state index is 13.1. The Balaban J connectivity index is 2.05. The van der Waals surface area contributed by atoms with Gasteiger partial charge in [-0.15, -0.1) is 0 Å². The Bertz CT molecular complexity index is 1530. The highest BCUT2D eigenvalue weighted by molar-refractivity contribution is 7.44. The second kappa shape index (κ2) is 40.4. The number of carbonyl (C=O) groups is 1. The fourth-order valence-electron chi connectivity index (χ4n) is 9.05. The Labute approximate surface area is 414 Å². The van der Waals surface area contributed by atoms with E-state index in [4.69, 9.17) is 29.9 Å². The summed E-state index contributed by atoms with van der Waals surface area (Å²) in [6, 6.07) is 1.44. The first-order valence-electron chi connectivity index (χ1n) is 27.4. The van der Waals surface area contributed by atoms with Crippen LogP contribution in [0.25, 0.3) is 4.85 Å². The SMILES string of the molecule is [C-]#[N+]CCOP(OC1[C@@H](CON(CCCCCCCCCCCCCCCC)CCCCCCNC(=O)CCCCCCCCCCC)O[C@@H](n2ccc(=O)[nH]c2=O)[C@H]1OC)N(C(C)C)C(C)C. The molecule has 0 spiro atoms. The Morgan fingerprint density at radius 1 is 0.765 bits per heavy atom. The van der Waals surface area contributed by atoms with E-state index in [0.717, 1.165) is 64.5 Å². The lowest BCUT2D eigenvalue weighted by Gasteiger charge is -2.38. The first-order chi connectivity index (χ1) is 33.1. The summed E-state index contributed by atoms with van der Waals surface area (Å²) in [4.78, 5) is 50.2. The summed E-state index contributed by atoms with van der Waals surface area (Å²) in [7, 11) is -0.114. The molecular formula is C53H99N6O8P. The first-order valence-corrected chi connectivity index (χ1v) is 28.6. The molecule has 394 valence electrons. The van der Waals surface area contributed by atoms with Crippen LogP contribution in [0.1, 0.15) is 228 Å². The van der Waals surface area contributed by atoms with Gasteiger partial charge in [-0.05, 0) is 53.4 Å². The van der Waals surface area contributed by atoms with Gasteiger partial charge in [-0.1, -0.05) is 162 Å². The third kappa shape index (κ3) is 27.4. The summed E-state index contributed by atoms with van der Waals surface area (Å²) in [5, 5.41) is 5.21. The summed E-state index contributed by atoms with van der Waals surface area (Å²) in [5.41, 5.74) is -1.11. The van der Waals surface area contributed by atoms with E-state index in [1.165, 1.54) is 139 Å². The molecule has 0 saturated carbocycles. The number of hydrogen-bond donors (Lipinski definition) is 2. The standard InChI is InChI=1S/C53H99N6O8P/c1-9-11-13-15-17-19-20-21-22-23-25-27-30-34-40-57(41-35-31-29-33-38-55-48(60)36-32-28-26-24-18-16-14-12-10-2)64-44-47-50(67-68(65-43-39-54-7)59(45(3)4)46(5)6)51(63-8)52(66-47)58-42-37-49(61)56-53(58)62/h37,42,45-47,50-52H,9-36,38-41,43-44H2,1-6,8H3,(H,55,60)(H,56,61,62)/t47-,50?,51+,52-,68?/m1/s1. The van der Waals surface area contributed by atoms with Crippen LogP contribution in [0, 0.1) is 6.57 Å². The molecule has 14 nitrogen and oxygen atoms in total.